The highest BCUT2D eigenvalue weighted by Gasteiger charge is 2.56. The van der Waals surface area contributed by atoms with Crippen molar-refractivity contribution in [3.05, 3.63) is 0 Å². The Balaban J connectivity index is 5.31. The second kappa shape index (κ2) is 4.71. The average molecular weight is 276 g/mol. The molecule has 0 spiro atoms. The summed E-state index contributed by atoms with van der Waals surface area (Å²) in [5.74, 6) is 0. The van der Waals surface area contributed by atoms with Gasteiger partial charge in [0.25, 0.3) is 0 Å². The number of aliphatic hydroxyl groups is 4. The highest BCUT2D eigenvalue weighted by Crippen LogP contribution is 2.50. The summed E-state index contributed by atoms with van der Waals surface area (Å²) in [6, 6.07) is 0. The first-order chi connectivity index (χ1) is 6.88. The number of carbonyl (C=O) groups excluding carboxylic acids is 1. The molecular weight excluding hydrogens is 263 g/mol. The van der Waals surface area contributed by atoms with E-state index in [9.17, 15) is 24.7 Å². The maximum atomic E-state index is 10.8. The molecule has 0 heterocycles. The third-order valence-corrected chi connectivity index (χ3v) is 3.50. The van der Waals surface area contributed by atoms with Gasteiger partial charge in [-0.15, -0.1) is 12.6 Å². The van der Waals surface area contributed by atoms with E-state index in [0.29, 0.717) is 0 Å². The molecule has 0 radical (unpaired) electrons. The fourth-order valence-corrected chi connectivity index (χ4v) is 1.61. The van der Waals surface area contributed by atoms with Crippen molar-refractivity contribution in [3.8, 4) is 0 Å². The summed E-state index contributed by atoms with van der Waals surface area (Å²) in [5, 5.41) is 33.4. The highest BCUT2D eigenvalue weighted by atomic mass is 32.1. The van der Waals surface area contributed by atoms with Crippen LogP contribution in [-0.4, -0.2) is 59.0 Å². The average Bonchev–Trinajstić information content (AvgIpc) is 2.10. The van der Waals surface area contributed by atoms with Crippen LogP contribution in [0.25, 0.3) is 0 Å². The summed E-state index contributed by atoms with van der Waals surface area (Å²) in [4.78, 5) is 25.5. The van der Waals surface area contributed by atoms with Gasteiger partial charge >= 0.3 is 7.60 Å². The smallest absolute Gasteiger partial charge is 0.367 e. The zero-order chi connectivity index (χ0) is 13.4. The van der Waals surface area contributed by atoms with E-state index < -0.39 is 36.4 Å². The van der Waals surface area contributed by atoms with E-state index in [0.717, 1.165) is 6.92 Å². The summed E-state index contributed by atoms with van der Waals surface area (Å²) in [6.07, 6.45) is -5.45. The lowest BCUT2D eigenvalue weighted by Gasteiger charge is -2.35. The number of thiol groups is 1. The van der Waals surface area contributed by atoms with E-state index in [1.54, 1.807) is 0 Å². The zero-order valence-corrected chi connectivity index (χ0v) is 9.92. The maximum absolute atomic E-state index is 10.8. The van der Waals surface area contributed by atoms with Gasteiger partial charge in [-0.1, -0.05) is 0 Å². The van der Waals surface area contributed by atoms with Gasteiger partial charge in [-0.25, -0.2) is 0 Å². The molecular formula is C6H13O8PS. The van der Waals surface area contributed by atoms with E-state index in [-0.39, 0.29) is 0 Å². The molecule has 4 atom stereocenters. The molecule has 0 amide bonds. The van der Waals surface area contributed by atoms with Crippen molar-refractivity contribution in [1.82, 2.24) is 0 Å². The first kappa shape index (κ1) is 16.0. The van der Waals surface area contributed by atoms with Crippen LogP contribution in [0.2, 0.25) is 0 Å². The molecule has 6 N–H and O–H groups in total. The van der Waals surface area contributed by atoms with Gasteiger partial charge < -0.3 is 30.2 Å². The Morgan fingerprint density at radius 1 is 1.25 bits per heavy atom. The number of hydrogen-bond donors (Lipinski definition) is 7. The SMILES string of the molecule is C[C@](O)(S)[C@H](O)[C@@H](O)[C@@](O)(C=O)P(=O)(O)O. The molecule has 10 heteroatoms. The largest absolute Gasteiger partial charge is 0.386 e. The van der Waals surface area contributed by atoms with Gasteiger partial charge in [0.1, 0.15) is 17.1 Å². The Bertz CT molecular complexity index is 308. The second-order valence-corrected chi connectivity index (χ2v) is 6.14. The quantitative estimate of drug-likeness (QED) is 0.125. The van der Waals surface area contributed by atoms with Gasteiger partial charge in [0.15, 0.2) is 6.29 Å². The topological polar surface area (TPSA) is 156 Å². The van der Waals surface area contributed by atoms with E-state index in [1.165, 1.54) is 0 Å². The number of aldehydes is 1. The van der Waals surface area contributed by atoms with E-state index in [4.69, 9.17) is 14.9 Å². The Hall–Kier alpha value is 0.01000. The van der Waals surface area contributed by atoms with Crippen molar-refractivity contribution in [2.24, 2.45) is 0 Å². The van der Waals surface area contributed by atoms with Gasteiger partial charge in [-0.05, 0) is 6.92 Å². The number of hydrogen-bond acceptors (Lipinski definition) is 7. The molecule has 0 aliphatic rings. The molecule has 0 saturated heterocycles. The molecule has 0 aliphatic carbocycles. The van der Waals surface area contributed by atoms with Crippen LogP contribution in [0.1, 0.15) is 6.92 Å². The van der Waals surface area contributed by atoms with Crippen molar-refractivity contribution < 1.29 is 39.6 Å². The molecule has 0 unspecified atom stereocenters. The third kappa shape index (κ3) is 3.02. The van der Waals surface area contributed by atoms with Crippen LogP contribution < -0.4 is 0 Å². The number of carbonyl (C=O) groups is 1. The standard InChI is InChI=1S/C6H13O8PS/c1-5(10,16)3(8)4(9)6(11,2-7)15(12,13)14/h2-4,8-11,16H,1H3,(H2,12,13,14)/t3-,4-,5+,6-/m1/s1. The first-order valence-electron chi connectivity index (χ1n) is 3.93. The molecule has 0 bridgehead atoms. The Kier molecular flexibility index (Phi) is 4.71. The fraction of sp³-hybridized carbons (Fsp3) is 0.833. The Labute approximate surface area is 96.1 Å². The molecule has 16 heavy (non-hydrogen) atoms. The number of rotatable bonds is 5. The van der Waals surface area contributed by atoms with Crippen LogP contribution >= 0.6 is 20.2 Å². The molecule has 0 aromatic heterocycles. The van der Waals surface area contributed by atoms with Crippen LogP contribution in [0.15, 0.2) is 0 Å². The lowest BCUT2D eigenvalue weighted by molar-refractivity contribution is -0.147. The van der Waals surface area contributed by atoms with E-state index in [2.05, 4.69) is 12.6 Å². The van der Waals surface area contributed by atoms with Crippen molar-refractivity contribution in [3.63, 3.8) is 0 Å². The predicted octanol–water partition coefficient (Wildman–Crippen LogP) is -2.59. The van der Waals surface area contributed by atoms with Crippen LogP contribution in [-0.2, 0) is 9.36 Å². The van der Waals surface area contributed by atoms with Crippen LogP contribution in [0.5, 0.6) is 0 Å². The minimum Gasteiger partial charge on any atom is -0.386 e. The second-order valence-electron chi connectivity index (χ2n) is 3.43. The van der Waals surface area contributed by atoms with Gasteiger partial charge in [0.2, 0.25) is 5.34 Å². The Morgan fingerprint density at radius 3 is 1.81 bits per heavy atom. The normalized spacial score (nSPS) is 24.0. The van der Waals surface area contributed by atoms with E-state index in [1.807, 2.05) is 0 Å². The highest BCUT2D eigenvalue weighted by molar-refractivity contribution is 7.81. The summed E-state index contributed by atoms with van der Waals surface area (Å²) >= 11 is 3.42. The minimum absolute atomic E-state index is 0.596. The molecule has 0 fully saturated rings. The molecule has 0 aromatic rings. The van der Waals surface area contributed by atoms with Gasteiger partial charge in [0.05, 0.1) is 0 Å². The van der Waals surface area contributed by atoms with Crippen molar-refractivity contribution in [2.45, 2.75) is 29.4 Å². The Morgan fingerprint density at radius 2 is 1.62 bits per heavy atom. The van der Waals surface area contributed by atoms with Crippen LogP contribution in [0.4, 0.5) is 0 Å². The van der Waals surface area contributed by atoms with Crippen LogP contribution in [0.3, 0.4) is 0 Å². The summed E-state index contributed by atoms with van der Waals surface area (Å²) in [5.41, 5.74) is 0. The molecule has 0 aromatic carbocycles. The number of aliphatic hydroxyl groups excluding tert-OH is 2. The molecule has 0 rings (SSSR count). The van der Waals surface area contributed by atoms with E-state index >= 15 is 0 Å². The van der Waals surface area contributed by atoms with Crippen molar-refractivity contribution in [2.75, 3.05) is 0 Å². The molecule has 8 nitrogen and oxygen atoms in total. The first-order valence-corrected chi connectivity index (χ1v) is 5.99. The maximum Gasteiger partial charge on any atom is 0.367 e. The zero-order valence-electron chi connectivity index (χ0n) is 8.13. The lowest BCUT2D eigenvalue weighted by atomic mass is 10.0. The summed E-state index contributed by atoms with van der Waals surface area (Å²) in [7, 11) is -5.43. The third-order valence-electron chi connectivity index (χ3n) is 1.93. The van der Waals surface area contributed by atoms with Gasteiger partial charge in [-0.2, -0.15) is 0 Å². The molecule has 0 aliphatic heterocycles. The van der Waals surface area contributed by atoms with Gasteiger partial charge in [0, 0.05) is 0 Å². The molecule has 0 saturated carbocycles. The summed E-state index contributed by atoms with van der Waals surface area (Å²) in [6.45, 7) is 0.898. The van der Waals surface area contributed by atoms with Crippen LogP contribution in [0, 0.1) is 0 Å². The van der Waals surface area contributed by atoms with Crippen molar-refractivity contribution in [1.29, 1.82) is 0 Å². The summed E-state index contributed by atoms with van der Waals surface area (Å²) < 4.78 is 10.8. The van der Waals surface area contributed by atoms with Crippen molar-refractivity contribution >= 4 is 26.5 Å². The lowest BCUT2D eigenvalue weighted by Crippen LogP contribution is -2.56. The minimum atomic E-state index is -5.43. The van der Waals surface area contributed by atoms with Gasteiger partial charge in [-0.3, -0.25) is 9.36 Å². The monoisotopic (exact) mass is 276 g/mol. The molecule has 96 valence electrons. The predicted molar refractivity (Wildman–Crippen MR) is 54.7 cm³/mol. The fourth-order valence-electron chi connectivity index (χ4n) is 0.842.